The van der Waals surface area contributed by atoms with Crippen molar-refractivity contribution in [2.75, 3.05) is 0 Å². The van der Waals surface area contributed by atoms with Gasteiger partial charge in [0.15, 0.2) is 0 Å². The molecule has 25 heavy (non-hydrogen) atoms. The molecule has 3 unspecified atom stereocenters. The predicted molar refractivity (Wildman–Crippen MR) is 102 cm³/mol. The maximum absolute atomic E-state index is 12.5. The molecular formula is C21H29N3O. The Morgan fingerprint density at radius 2 is 2.20 bits per heavy atom. The Morgan fingerprint density at radius 3 is 2.88 bits per heavy atom. The van der Waals surface area contributed by atoms with Crippen LogP contribution in [0.15, 0.2) is 18.2 Å². The quantitative estimate of drug-likeness (QED) is 0.786. The molecule has 0 spiro atoms. The zero-order chi connectivity index (χ0) is 17.6. The second kappa shape index (κ2) is 6.49. The molecule has 4 rings (SSSR count). The van der Waals surface area contributed by atoms with Gasteiger partial charge >= 0.3 is 0 Å². The SMILES string of the molecule is CCC(C)C1Cc2c([nH]c3ccc(C(=O)NC4CCC4)cc23)C(N)C1. The minimum absolute atomic E-state index is 0.0557. The Bertz CT molecular complexity index is 790. The van der Waals surface area contributed by atoms with Crippen molar-refractivity contribution in [1.82, 2.24) is 10.3 Å². The van der Waals surface area contributed by atoms with E-state index >= 15 is 0 Å². The molecule has 0 radical (unpaired) electrons. The van der Waals surface area contributed by atoms with Crippen molar-refractivity contribution in [1.29, 1.82) is 0 Å². The predicted octanol–water partition coefficient (Wildman–Crippen LogP) is 4.06. The molecule has 1 aromatic carbocycles. The summed E-state index contributed by atoms with van der Waals surface area (Å²) in [5, 5.41) is 4.32. The van der Waals surface area contributed by atoms with Crippen molar-refractivity contribution in [3.63, 3.8) is 0 Å². The highest BCUT2D eigenvalue weighted by Gasteiger charge is 2.30. The number of nitrogens with one attached hydrogen (secondary N) is 2. The molecular weight excluding hydrogens is 310 g/mol. The normalized spacial score (nSPS) is 24.6. The third-order valence-electron chi connectivity index (χ3n) is 6.48. The van der Waals surface area contributed by atoms with E-state index in [4.69, 9.17) is 5.73 Å². The zero-order valence-electron chi connectivity index (χ0n) is 15.3. The number of aromatic amines is 1. The van der Waals surface area contributed by atoms with Crippen LogP contribution < -0.4 is 11.1 Å². The summed E-state index contributed by atoms with van der Waals surface area (Å²) in [6.07, 6.45) is 6.74. The van der Waals surface area contributed by atoms with Crippen LogP contribution in [-0.4, -0.2) is 16.9 Å². The third-order valence-corrected chi connectivity index (χ3v) is 6.48. The van der Waals surface area contributed by atoms with Crippen LogP contribution in [0.5, 0.6) is 0 Å². The van der Waals surface area contributed by atoms with E-state index in [0.29, 0.717) is 17.9 Å². The molecule has 4 heteroatoms. The van der Waals surface area contributed by atoms with E-state index in [1.165, 1.54) is 29.5 Å². The van der Waals surface area contributed by atoms with E-state index in [-0.39, 0.29) is 11.9 Å². The van der Waals surface area contributed by atoms with Crippen molar-refractivity contribution < 1.29 is 4.79 Å². The van der Waals surface area contributed by atoms with Crippen LogP contribution in [0.3, 0.4) is 0 Å². The minimum atomic E-state index is 0.0557. The largest absolute Gasteiger partial charge is 0.357 e. The minimum Gasteiger partial charge on any atom is -0.357 e. The van der Waals surface area contributed by atoms with E-state index in [0.717, 1.165) is 36.8 Å². The molecule has 4 N–H and O–H groups in total. The van der Waals surface area contributed by atoms with Crippen molar-refractivity contribution in [2.24, 2.45) is 17.6 Å². The van der Waals surface area contributed by atoms with E-state index in [2.05, 4.69) is 30.2 Å². The summed E-state index contributed by atoms with van der Waals surface area (Å²) in [7, 11) is 0. The highest BCUT2D eigenvalue weighted by Crippen LogP contribution is 2.39. The standard InChI is InChI=1S/C21H29N3O/c1-3-12(2)14-10-17-16-9-13(21(25)23-15-5-4-6-15)7-8-19(16)24-20(17)18(22)11-14/h7-9,12,14-15,18,24H,3-6,10-11,22H2,1-2H3,(H,23,25). The van der Waals surface area contributed by atoms with Gasteiger partial charge in [0.1, 0.15) is 0 Å². The van der Waals surface area contributed by atoms with E-state index < -0.39 is 0 Å². The van der Waals surface area contributed by atoms with Gasteiger partial charge in [-0.15, -0.1) is 0 Å². The van der Waals surface area contributed by atoms with Gasteiger partial charge < -0.3 is 16.0 Å². The van der Waals surface area contributed by atoms with E-state index in [1.807, 2.05) is 12.1 Å². The van der Waals surface area contributed by atoms with E-state index in [9.17, 15) is 4.79 Å². The highest BCUT2D eigenvalue weighted by atomic mass is 16.1. The fraction of sp³-hybridized carbons (Fsp3) is 0.571. The number of aromatic nitrogens is 1. The van der Waals surface area contributed by atoms with Gasteiger partial charge in [0.2, 0.25) is 0 Å². The lowest BCUT2D eigenvalue weighted by Gasteiger charge is -2.31. The molecule has 0 saturated heterocycles. The van der Waals surface area contributed by atoms with Crippen LogP contribution in [0.25, 0.3) is 10.9 Å². The summed E-state index contributed by atoms with van der Waals surface area (Å²) < 4.78 is 0. The van der Waals surface area contributed by atoms with Gasteiger partial charge in [-0.25, -0.2) is 0 Å². The van der Waals surface area contributed by atoms with Crippen molar-refractivity contribution in [3.05, 3.63) is 35.0 Å². The highest BCUT2D eigenvalue weighted by molar-refractivity contribution is 5.99. The molecule has 1 aromatic heterocycles. The Balaban J connectivity index is 1.67. The van der Waals surface area contributed by atoms with Gasteiger partial charge in [0, 0.05) is 34.2 Å². The van der Waals surface area contributed by atoms with Crippen LogP contribution in [0.2, 0.25) is 0 Å². The van der Waals surface area contributed by atoms with Crippen LogP contribution in [0.1, 0.15) is 73.6 Å². The number of rotatable bonds is 4. The molecule has 0 bridgehead atoms. The summed E-state index contributed by atoms with van der Waals surface area (Å²) in [6.45, 7) is 4.58. The molecule has 1 heterocycles. The zero-order valence-corrected chi connectivity index (χ0v) is 15.3. The summed E-state index contributed by atoms with van der Waals surface area (Å²) in [6, 6.07) is 6.46. The molecule has 0 aliphatic heterocycles. The lowest BCUT2D eigenvalue weighted by molar-refractivity contribution is 0.0917. The molecule has 1 saturated carbocycles. The molecule has 134 valence electrons. The molecule has 3 atom stereocenters. The average Bonchev–Trinajstić information content (AvgIpc) is 2.95. The van der Waals surface area contributed by atoms with E-state index in [1.54, 1.807) is 0 Å². The monoisotopic (exact) mass is 339 g/mol. The second-order valence-electron chi connectivity index (χ2n) is 8.07. The topological polar surface area (TPSA) is 70.9 Å². The maximum Gasteiger partial charge on any atom is 0.251 e. The molecule has 1 fully saturated rings. The van der Waals surface area contributed by atoms with Crippen molar-refractivity contribution in [3.8, 4) is 0 Å². The smallest absolute Gasteiger partial charge is 0.251 e. The van der Waals surface area contributed by atoms with Gasteiger partial charge in [0.05, 0.1) is 0 Å². The number of benzene rings is 1. The number of H-pyrrole nitrogens is 1. The third kappa shape index (κ3) is 2.97. The summed E-state index contributed by atoms with van der Waals surface area (Å²) in [5.74, 6) is 1.35. The first-order valence-electron chi connectivity index (χ1n) is 9.77. The summed E-state index contributed by atoms with van der Waals surface area (Å²) >= 11 is 0. The van der Waals surface area contributed by atoms with Gasteiger partial charge in [-0.3, -0.25) is 4.79 Å². The number of amides is 1. The lowest BCUT2D eigenvalue weighted by atomic mass is 9.76. The fourth-order valence-corrected chi connectivity index (χ4v) is 4.32. The molecule has 4 nitrogen and oxygen atoms in total. The molecule has 2 aromatic rings. The van der Waals surface area contributed by atoms with Gasteiger partial charge in [-0.2, -0.15) is 0 Å². The number of carbonyl (C=O) groups excluding carboxylic acids is 1. The maximum atomic E-state index is 12.5. The fourth-order valence-electron chi connectivity index (χ4n) is 4.32. The number of hydrogen-bond acceptors (Lipinski definition) is 2. The first kappa shape index (κ1) is 16.6. The van der Waals surface area contributed by atoms with Gasteiger partial charge in [0.25, 0.3) is 5.91 Å². The Morgan fingerprint density at radius 1 is 1.40 bits per heavy atom. The molecule has 1 amide bonds. The van der Waals surface area contributed by atoms with Crippen molar-refractivity contribution >= 4 is 16.8 Å². The second-order valence-corrected chi connectivity index (χ2v) is 8.07. The summed E-state index contributed by atoms with van der Waals surface area (Å²) in [4.78, 5) is 16.0. The first-order chi connectivity index (χ1) is 12.1. The Hall–Kier alpha value is -1.81. The lowest BCUT2D eigenvalue weighted by Crippen LogP contribution is -2.39. The average molecular weight is 339 g/mol. The van der Waals surface area contributed by atoms with Crippen LogP contribution in [0, 0.1) is 11.8 Å². The summed E-state index contributed by atoms with van der Waals surface area (Å²) in [5.41, 5.74) is 10.8. The Kier molecular flexibility index (Phi) is 4.32. The Labute approximate surface area is 149 Å². The van der Waals surface area contributed by atoms with Crippen LogP contribution >= 0.6 is 0 Å². The van der Waals surface area contributed by atoms with Gasteiger partial charge in [-0.05, 0) is 67.7 Å². The van der Waals surface area contributed by atoms with Crippen LogP contribution in [-0.2, 0) is 6.42 Å². The number of carbonyl (C=O) groups is 1. The molecule has 2 aliphatic rings. The number of hydrogen-bond donors (Lipinski definition) is 3. The molecule has 2 aliphatic carbocycles. The first-order valence-corrected chi connectivity index (χ1v) is 9.77. The van der Waals surface area contributed by atoms with Crippen molar-refractivity contribution in [2.45, 2.75) is 64.5 Å². The number of fused-ring (bicyclic) bond motifs is 3. The van der Waals surface area contributed by atoms with Crippen LogP contribution in [0.4, 0.5) is 0 Å². The number of nitrogens with two attached hydrogens (primary N) is 1. The van der Waals surface area contributed by atoms with Gasteiger partial charge in [-0.1, -0.05) is 20.3 Å².